The number of fused-ring (bicyclic) bond motifs is 1. The van der Waals surface area contributed by atoms with Crippen molar-refractivity contribution in [1.29, 1.82) is 0 Å². The number of nitrogens with zero attached hydrogens (tertiary/aromatic N) is 1. The Morgan fingerprint density at radius 1 is 1.43 bits per heavy atom. The van der Waals surface area contributed by atoms with Gasteiger partial charge in [-0.3, -0.25) is 9.59 Å². The van der Waals surface area contributed by atoms with E-state index in [9.17, 15) is 14.7 Å². The van der Waals surface area contributed by atoms with Crippen LogP contribution < -0.4 is 0 Å². The third kappa shape index (κ3) is 2.46. The Hall–Kier alpha value is -1.40. The standard InChI is InChI=1S/C15H16BrNO4/c16-12-3-1-2-10(6-12)13(18)17-7-11-8-21-5-4-15(11,9-17)14(19)20/h1-3,6,11H,4-5,7-9H2,(H,19,20)/t11-,15+/m0/s1. The minimum Gasteiger partial charge on any atom is -0.481 e. The summed E-state index contributed by atoms with van der Waals surface area (Å²) in [4.78, 5) is 25.9. The van der Waals surface area contributed by atoms with Crippen LogP contribution in [0.4, 0.5) is 0 Å². The van der Waals surface area contributed by atoms with Gasteiger partial charge >= 0.3 is 5.97 Å². The van der Waals surface area contributed by atoms with Crippen molar-refractivity contribution in [3.63, 3.8) is 0 Å². The number of amides is 1. The molecule has 1 N–H and O–H groups in total. The predicted octanol–water partition coefficient (Wildman–Crippen LogP) is 2.01. The molecule has 1 aromatic rings. The van der Waals surface area contributed by atoms with Crippen molar-refractivity contribution >= 4 is 27.8 Å². The molecule has 0 aromatic heterocycles. The number of benzene rings is 1. The highest BCUT2D eigenvalue weighted by molar-refractivity contribution is 9.10. The van der Waals surface area contributed by atoms with Gasteiger partial charge in [-0.05, 0) is 24.6 Å². The zero-order valence-electron chi connectivity index (χ0n) is 11.4. The number of hydrogen-bond donors (Lipinski definition) is 1. The Kier molecular flexibility index (Phi) is 3.75. The molecule has 0 aliphatic carbocycles. The average molecular weight is 354 g/mol. The summed E-state index contributed by atoms with van der Waals surface area (Å²) < 4.78 is 6.24. The molecule has 1 aromatic carbocycles. The first-order valence-electron chi connectivity index (χ1n) is 6.89. The number of rotatable bonds is 2. The topological polar surface area (TPSA) is 66.8 Å². The van der Waals surface area contributed by atoms with Gasteiger partial charge in [0, 0.05) is 35.7 Å². The third-order valence-electron chi connectivity index (χ3n) is 4.49. The van der Waals surface area contributed by atoms with Gasteiger partial charge in [0.25, 0.3) is 5.91 Å². The number of carboxylic acid groups (broad SMARTS) is 1. The zero-order valence-corrected chi connectivity index (χ0v) is 13.0. The van der Waals surface area contributed by atoms with Gasteiger partial charge in [0.15, 0.2) is 0 Å². The van der Waals surface area contributed by atoms with Crippen molar-refractivity contribution in [3.8, 4) is 0 Å². The second kappa shape index (κ2) is 5.42. The van der Waals surface area contributed by atoms with Crippen LogP contribution in [0.15, 0.2) is 28.7 Å². The molecule has 2 aliphatic rings. The summed E-state index contributed by atoms with van der Waals surface area (Å²) in [6.07, 6.45) is 0.468. The van der Waals surface area contributed by atoms with Crippen LogP contribution in [0.5, 0.6) is 0 Å². The van der Waals surface area contributed by atoms with Crippen LogP contribution in [0.1, 0.15) is 16.8 Å². The normalized spacial score (nSPS) is 28.2. The van der Waals surface area contributed by atoms with Gasteiger partial charge in [-0.15, -0.1) is 0 Å². The molecule has 2 atom stereocenters. The molecule has 0 radical (unpaired) electrons. The molecule has 5 nitrogen and oxygen atoms in total. The number of ether oxygens (including phenoxy) is 1. The smallest absolute Gasteiger partial charge is 0.311 e. The molecule has 2 fully saturated rings. The SMILES string of the molecule is O=C(c1cccc(Br)c1)N1C[C@H]2COCC[C@@]2(C(=O)O)C1. The quantitative estimate of drug-likeness (QED) is 0.883. The number of carboxylic acids is 1. The third-order valence-corrected chi connectivity index (χ3v) is 4.98. The molecule has 21 heavy (non-hydrogen) atoms. The number of hydrogen-bond acceptors (Lipinski definition) is 3. The molecular weight excluding hydrogens is 338 g/mol. The molecule has 0 bridgehead atoms. The second-order valence-corrected chi connectivity index (χ2v) is 6.59. The maximum absolute atomic E-state index is 12.6. The van der Waals surface area contributed by atoms with Crippen LogP contribution in [0, 0.1) is 11.3 Å². The van der Waals surface area contributed by atoms with Gasteiger partial charge in [0.2, 0.25) is 0 Å². The number of carbonyl (C=O) groups excluding carboxylic acids is 1. The van der Waals surface area contributed by atoms with E-state index < -0.39 is 11.4 Å². The number of likely N-dealkylation sites (tertiary alicyclic amines) is 1. The highest BCUT2D eigenvalue weighted by atomic mass is 79.9. The Morgan fingerprint density at radius 2 is 2.24 bits per heavy atom. The van der Waals surface area contributed by atoms with Crippen molar-refractivity contribution in [2.45, 2.75) is 6.42 Å². The molecular formula is C15H16BrNO4. The molecule has 0 saturated carbocycles. The lowest BCUT2D eigenvalue weighted by atomic mass is 9.74. The molecule has 6 heteroatoms. The van der Waals surface area contributed by atoms with Crippen molar-refractivity contribution in [3.05, 3.63) is 34.3 Å². The molecule has 2 aliphatic heterocycles. The highest BCUT2D eigenvalue weighted by Gasteiger charge is 2.54. The van der Waals surface area contributed by atoms with E-state index >= 15 is 0 Å². The van der Waals surface area contributed by atoms with Gasteiger partial charge < -0.3 is 14.7 Å². The van der Waals surface area contributed by atoms with Crippen LogP contribution in [0.2, 0.25) is 0 Å². The summed E-state index contributed by atoms with van der Waals surface area (Å²) in [5.74, 6) is -1.06. The van der Waals surface area contributed by atoms with Gasteiger partial charge in [-0.25, -0.2) is 0 Å². The van der Waals surface area contributed by atoms with Crippen molar-refractivity contribution in [1.82, 2.24) is 4.90 Å². The fourth-order valence-electron chi connectivity index (χ4n) is 3.26. The Balaban J connectivity index is 1.85. The van der Waals surface area contributed by atoms with Crippen LogP contribution in [-0.4, -0.2) is 48.2 Å². The van der Waals surface area contributed by atoms with E-state index in [1.807, 2.05) is 6.07 Å². The lowest BCUT2D eigenvalue weighted by Crippen LogP contribution is -2.45. The van der Waals surface area contributed by atoms with Gasteiger partial charge in [0.1, 0.15) is 0 Å². The number of carbonyl (C=O) groups is 2. The Bertz CT molecular complexity index is 591. The van der Waals surface area contributed by atoms with Crippen molar-refractivity contribution in [2.24, 2.45) is 11.3 Å². The fourth-order valence-corrected chi connectivity index (χ4v) is 3.66. The van der Waals surface area contributed by atoms with Crippen LogP contribution in [-0.2, 0) is 9.53 Å². The summed E-state index contributed by atoms with van der Waals surface area (Å²) in [5, 5.41) is 9.61. The van der Waals surface area contributed by atoms with Crippen LogP contribution >= 0.6 is 15.9 Å². The summed E-state index contributed by atoms with van der Waals surface area (Å²) in [5.41, 5.74) is -0.274. The van der Waals surface area contributed by atoms with E-state index in [0.29, 0.717) is 31.7 Å². The summed E-state index contributed by atoms with van der Waals surface area (Å²) >= 11 is 3.35. The lowest BCUT2D eigenvalue weighted by molar-refractivity contribution is -0.157. The van der Waals surface area contributed by atoms with Crippen molar-refractivity contribution < 1.29 is 19.4 Å². The molecule has 112 valence electrons. The van der Waals surface area contributed by atoms with E-state index in [1.165, 1.54) is 0 Å². The van der Waals surface area contributed by atoms with E-state index in [1.54, 1.807) is 23.1 Å². The van der Waals surface area contributed by atoms with E-state index in [2.05, 4.69) is 15.9 Å². The molecule has 2 saturated heterocycles. The van der Waals surface area contributed by atoms with E-state index in [0.717, 1.165) is 4.47 Å². The Labute approximate surface area is 131 Å². The first-order chi connectivity index (χ1) is 10.0. The van der Waals surface area contributed by atoms with E-state index in [-0.39, 0.29) is 18.4 Å². The Morgan fingerprint density at radius 3 is 2.90 bits per heavy atom. The van der Waals surface area contributed by atoms with Gasteiger partial charge in [-0.2, -0.15) is 0 Å². The summed E-state index contributed by atoms with van der Waals surface area (Å²) in [6.45, 7) is 1.57. The highest BCUT2D eigenvalue weighted by Crippen LogP contribution is 2.42. The lowest BCUT2D eigenvalue weighted by Gasteiger charge is -2.33. The number of halogens is 1. The first kappa shape index (κ1) is 14.5. The van der Waals surface area contributed by atoms with Crippen LogP contribution in [0.25, 0.3) is 0 Å². The van der Waals surface area contributed by atoms with Gasteiger partial charge in [-0.1, -0.05) is 22.0 Å². The van der Waals surface area contributed by atoms with Crippen molar-refractivity contribution in [2.75, 3.05) is 26.3 Å². The molecule has 2 heterocycles. The average Bonchev–Trinajstić information content (AvgIpc) is 2.87. The molecule has 0 unspecified atom stereocenters. The van der Waals surface area contributed by atoms with Crippen LogP contribution in [0.3, 0.4) is 0 Å². The fraction of sp³-hybridized carbons (Fsp3) is 0.467. The maximum Gasteiger partial charge on any atom is 0.311 e. The minimum atomic E-state index is -0.847. The summed E-state index contributed by atoms with van der Waals surface area (Å²) in [6, 6.07) is 7.16. The molecule has 3 rings (SSSR count). The first-order valence-corrected chi connectivity index (χ1v) is 7.68. The monoisotopic (exact) mass is 353 g/mol. The van der Waals surface area contributed by atoms with E-state index in [4.69, 9.17) is 4.74 Å². The molecule has 1 amide bonds. The predicted molar refractivity (Wildman–Crippen MR) is 79.0 cm³/mol. The summed E-state index contributed by atoms with van der Waals surface area (Å²) in [7, 11) is 0. The second-order valence-electron chi connectivity index (χ2n) is 5.68. The largest absolute Gasteiger partial charge is 0.481 e. The maximum atomic E-state index is 12.6. The number of aliphatic carboxylic acids is 1. The molecule has 0 spiro atoms. The minimum absolute atomic E-state index is 0.119. The zero-order chi connectivity index (χ0) is 15.0. The van der Waals surface area contributed by atoms with Gasteiger partial charge in [0.05, 0.1) is 12.0 Å².